The first-order chi connectivity index (χ1) is 8.63. The highest BCUT2D eigenvalue weighted by Gasteiger charge is 1.97. The van der Waals surface area contributed by atoms with E-state index in [-0.39, 0.29) is 0 Å². The maximum Gasteiger partial charge on any atom is 0.0824 e. The topological polar surface area (TPSA) is 34.0 Å². The summed E-state index contributed by atoms with van der Waals surface area (Å²) in [4.78, 5) is 2.18. The van der Waals surface area contributed by atoms with Crippen molar-refractivity contribution in [3.63, 3.8) is 0 Å². The minimum Gasteiger partial charge on any atom is -0.309 e. The molecule has 4 nitrogen and oxygen atoms in total. The number of rotatable bonds is 5. The molecule has 0 aliphatic heterocycles. The lowest BCUT2D eigenvalue weighted by atomic mass is 10.1. The third-order valence-electron chi connectivity index (χ3n) is 1.94. The van der Waals surface area contributed by atoms with E-state index < -0.39 is 0 Å². The van der Waals surface area contributed by atoms with E-state index in [1.807, 2.05) is 17.8 Å². The molecular weight excluding hydrogens is 223 g/mol. The quantitative estimate of drug-likeness (QED) is 0.593. The Bertz CT molecular complexity index is 274. The van der Waals surface area contributed by atoms with E-state index in [9.17, 15) is 0 Å². The van der Waals surface area contributed by atoms with Gasteiger partial charge in [-0.2, -0.15) is 0 Å². The first-order valence-corrected chi connectivity index (χ1v) is 6.37. The lowest BCUT2D eigenvalue weighted by Crippen LogP contribution is -2.15. The molecule has 0 unspecified atom stereocenters. The molecule has 0 aromatic carbocycles. The van der Waals surface area contributed by atoms with Gasteiger partial charge in [-0.25, -0.2) is 0 Å². The van der Waals surface area contributed by atoms with Crippen LogP contribution in [-0.2, 0) is 13.0 Å². The Hall–Kier alpha value is -1.10. The Morgan fingerprint density at radius 1 is 1.33 bits per heavy atom. The second-order valence-electron chi connectivity index (χ2n) is 3.89. The number of aryl methyl sites for hydroxylation is 2. The molecule has 1 aromatic rings. The zero-order valence-corrected chi connectivity index (χ0v) is 12.4. The van der Waals surface area contributed by atoms with Gasteiger partial charge in [0.1, 0.15) is 0 Å². The number of hydrogen-bond acceptors (Lipinski definition) is 3. The van der Waals surface area contributed by atoms with Crippen LogP contribution in [-0.4, -0.2) is 48.4 Å². The largest absolute Gasteiger partial charge is 0.309 e. The maximum atomic E-state index is 4.85. The van der Waals surface area contributed by atoms with Crippen LogP contribution >= 0.6 is 0 Å². The van der Waals surface area contributed by atoms with Crippen molar-refractivity contribution in [3.05, 3.63) is 25.0 Å². The second-order valence-corrected chi connectivity index (χ2v) is 3.89. The minimum absolute atomic E-state index is 0.750. The summed E-state index contributed by atoms with van der Waals surface area (Å²) in [6.45, 7) is 12.1. The van der Waals surface area contributed by atoms with Crippen molar-refractivity contribution >= 4 is 7.85 Å². The Labute approximate surface area is 113 Å². The molecule has 0 aliphatic rings. The van der Waals surface area contributed by atoms with Crippen LogP contribution < -0.4 is 0 Å². The predicted octanol–water partition coefficient (Wildman–Crippen LogP) is 2.19. The van der Waals surface area contributed by atoms with Crippen molar-refractivity contribution in [2.45, 2.75) is 39.6 Å². The Morgan fingerprint density at radius 3 is 2.28 bits per heavy atom. The fraction of sp³-hybridized carbons (Fsp3) is 0.692. The molecule has 0 bridgehead atoms. The molecule has 0 atom stereocenters. The summed E-state index contributed by atoms with van der Waals surface area (Å²) in [6, 6.07) is 0. The third-order valence-corrected chi connectivity index (χ3v) is 1.94. The van der Waals surface area contributed by atoms with Gasteiger partial charge in [-0.1, -0.05) is 25.4 Å². The summed E-state index contributed by atoms with van der Waals surface area (Å²) in [7, 11) is 9.01. The van der Waals surface area contributed by atoms with Crippen LogP contribution in [0.25, 0.3) is 0 Å². The molecule has 5 heteroatoms. The van der Waals surface area contributed by atoms with Crippen molar-refractivity contribution in [1.82, 2.24) is 19.9 Å². The van der Waals surface area contributed by atoms with Gasteiger partial charge in [-0.05, 0) is 33.5 Å². The van der Waals surface area contributed by atoms with Crippen molar-refractivity contribution in [3.8, 4) is 0 Å². The fourth-order valence-corrected chi connectivity index (χ4v) is 1.16. The Balaban J connectivity index is 0. The monoisotopic (exact) mass is 250 g/mol. The van der Waals surface area contributed by atoms with Gasteiger partial charge in [0.25, 0.3) is 0 Å². The molecule has 0 aliphatic carbocycles. The standard InChI is InChI=1S/C9H18N4.C2H5B.C2H4/c1-4-9-8-13(11-10-9)7-5-6-12(2)3;1-2-3;1-2/h8H,4-7H2,1-3H3;2H2,1H3;1-2H2. The molecule has 1 rings (SSSR count). The third kappa shape index (κ3) is 11.4. The van der Waals surface area contributed by atoms with Gasteiger partial charge in [-0.15, -0.1) is 18.3 Å². The molecule has 0 N–H and O–H groups in total. The van der Waals surface area contributed by atoms with Crippen LogP contribution in [0.15, 0.2) is 19.4 Å². The summed E-state index contributed by atoms with van der Waals surface area (Å²) in [5, 5.41) is 8.06. The van der Waals surface area contributed by atoms with E-state index in [0.717, 1.165) is 37.9 Å². The fourth-order valence-electron chi connectivity index (χ4n) is 1.16. The molecule has 2 radical (unpaired) electrons. The first kappa shape index (κ1) is 19.2. The van der Waals surface area contributed by atoms with Gasteiger partial charge in [0.2, 0.25) is 0 Å². The molecule has 18 heavy (non-hydrogen) atoms. The van der Waals surface area contributed by atoms with Gasteiger partial charge < -0.3 is 4.90 Å². The molecule has 0 saturated heterocycles. The highest BCUT2D eigenvalue weighted by molar-refractivity contribution is 6.08. The zero-order chi connectivity index (χ0) is 14.4. The number of aromatic nitrogens is 3. The molecule has 1 aromatic heterocycles. The van der Waals surface area contributed by atoms with E-state index in [2.05, 4.69) is 49.4 Å². The molecule has 0 spiro atoms. The Morgan fingerprint density at radius 2 is 1.89 bits per heavy atom. The lowest BCUT2D eigenvalue weighted by Gasteiger charge is -2.07. The molecule has 102 valence electrons. The molecule has 0 saturated carbocycles. The van der Waals surface area contributed by atoms with Crippen LogP contribution in [0.5, 0.6) is 0 Å². The average molecular weight is 250 g/mol. The van der Waals surface area contributed by atoms with Crippen LogP contribution in [0.4, 0.5) is 0 Å². The molecule has 1 heterocycles. The second kappa shape index (κ2) is 14.0. The van der Waals surface area contributed by atoms with E-state index in [0.29, 0.717) is 0 Å². The molecular formula is C13H27BN4. The smallest absolute Gasteiger partial charge is 0.0824 e. The van der Waals surface area contributed by atoms with E-state index >= 15 is 0 Å². The van der Waals surface area contributed by atoms with Crippen molar-refractivity contribution in [2.75, 3.05) is 20.6 Å². The highest BCUT2D eigenvalue weighted by Crippen LogP contribution is 1.95. The van der Waals surface area contributed by atoms with Crippen LogP contribution in [0.2, 0.25) is 6.32 Å². The van der Waals surface area contributed by atoms with Gasteiger partial charge >= 0.3 is 0 Å². The summed E-state index contributed by atoms with van der Waals surface area (Å²) in [5.41, 5.74) is 1.07. The summed E-state index contributed by atoms with van der Waals surface area (Å²) < 4.78 is 1.92. The van der Waals surface area contributed by atoms with E-state index in [4.69, 9.17) is 7.85 Å². The lowest BCUT2D eigenvalue weighted by molar-refractivity contribution is 0.379. The molecule has 0 amide bonds. The van der Waals surface area contributed by atoms with Gasteiger partial charge in [0.15, 0.2) is 0 Å². The minimum atomic E-state index is 0.750. The Kier molecular flexibility index (Phi) is 14.9. The van der Waals surface area contributed by atoms with Crippen molar-refractivity contribution in [2.24, 2.45) is 0 Å². The maximum absolute atomic E-state index is 4.85. The van der Waals surface area contributed by atoms with Crippen LogP contribution in [0, 0.1) is 0 Å². The SMILES string of the molecule is C=C.CCc1cn(CCCN(C)C)nn1.[B]CC. The molecule has 0 fully saturated rings. The average Bonchev–Trinajstić information content (AvgIpc) is 2.80. The van der Waals surface area contributed by atoms with Gasteiger partial charge in [-0.3, -0.25) is 4.68 Å². The van der Waals surface area contributed by atoms with E-state index in [1.165, 1.54) is 0 Å². The highest BCUT2D eigenvalue weighted by atomic mass is 15.4. The summed E-state index contributed by atoms with van der Waals surface area (Å²) in [6.07, 6.45) is 4.86. The van der Waals surface area contributed by atoms with Crippen LogP contribution in [0.1, 0.15) is 26.0 Å². The van der Waals surface area contributed by atoms with Crippen molar-refractivity contribution in [1.29, 1.82) is 0 Å². The van der Waals surface area contributed by atoms with Crippen LogP contribution in [0.3, 0.4) is 0 Å². The van der Waals surface area contributed by atoms with Gasteiger partial charge in [0.05, 0.1) is 13.5 Å². The predicted molar refractivity (Wildman–Crippen MR) is 80.1 cm³/mol. The number of hydrogen-bond donors (Lipinski definition) is 0. The van der Waals surface area contributed by atoms with E-state index in [1.54, 1.807) is 0 Å². The summed E-state index contributed by atoms with van der Waals surface area (Å²) in [5.74, 6) is 0. The zero-order valence-electron chi connectivity index (χ0n) is 12.4. The van der Waals surface area contributed by atoms with Crippen molar-refractivity contribution < 1.29 is 0 Å². The first-order valence-electron chi connectivity index (χ1n) is 6.37. The van der Waals surface area contributed by atoms with Gasteiger partial charge in [0, 0.05) is 12.7 Å². The normalized spacial score (nSPS) is 9.17. The summed E-state index contributed by atoms with van der Waals surface area (Å²) >= 11 is 0. The number of nitrogens with zero attached hydrogens (tertiary/aromatic N) is 4.